The summed E-state index contributed by atoms with van der Waals surface area (Å²) in [6.45, 7) is 2.48. The predicted octanol–water partition coefficient (Wildman–Crippen LogP) is 3.46. The Balaban J connectivity index is 1.53. The molecule has 0 saturated heterocycles. The van der Waals surface area contributed by atoms with Gasteiger partial charge in [0.05, 0.1) is 11.7 Å². The molecule has 0 bridgehead atoms. The van der Waals surface area contributed by atoms with Gasteiger partial charge >= 0.3 is 5.63 Å². The number of nitrogens with one attached hydrogen (secondary N) is 1. The Morgan fingerprint density at radius 1 is 1.18 bits per heavy atom. The second-order valence-corrected chi connectivity index (χ2v) is 7.12. The number of hydrogen-bond donors (Lipinski definition) is 1. The fraction of sp³-hybridized carbons (Fsp3) is 0.190. The molecule has 1 amide bonds. The highest BCUT2D eigenvalue weighted by Crippen LogP contribution is 2.23. The van der Waals surface area contributed by atoms with Crippen LogP contribution in [0.5, 0.6) is 0 Å². The Morgan fingerprint density at radius 3 is 2.75 bits per heavy atom. The van der Waals surface area contributed by atoms with E-state index in [1.54, 1.807) is 10.7 Å². The summed E-state index contributed by atoms with van der Waals surface area (Å²) in [5.74, 6) is -0.173. The molecule has 4 aromatic rings. The van der Waals surface area contributed by atoms with Gasteiger partial charge in [-0.15, -0.1) is 0 Å². The highest BCUT2D eigenvalue weighted by molar-refractivity contribution is 6.30. The first-order chi connectivity index (χ1) is 13.5. The van der Waals surface area contributed by atoms with E-state index < -0.39 is 5.63 Å². The van der Waals surface area contributed by atoms with Gasteiger partial charge in [0.1, 0.15) is 17.5 Å². The Hall–Kier alpha value is -3.12. The van der Waals surface area contributed by atoms with E-state index in [4.69, 9.17) is 16.0 Å². The lowest BCUT2D eigenvalue weighted by molar-refractivity contribution is -0.121. The largest absolute Gasteiger partial charge is 0.422 e. The van der Waals surface area contributed by atoms with Gasteiger partial charge in [0.15, 0.2) is 0 Å². The highest BCUT2D eigenvalue weighted by atomic mass is 35.5. The minimum Gasteiger partial charge on any atom is -0.422 e. The van der Waals surface area contributed by atoms with Crippen molar-refractivity contribution in [3.05, 3.63) is 75.2 Å². The third-order valence-electron chi connectivity index (χ3n) is 4.59. The number of amides is 1. The molecule has 6 nitrogen and oxygen atoms in total. The number of carbonyl (C=O) groups excluding carboxylic acids is 1. The van der Waals surface area contributed by atoms with Gasteiger partial charge in [-0.2, -0.15) is 5.10 Å². The third-order valence-corrected chi connectivity index (χ3v) is 4.85. The molecule has 7 heteroatoms. The van der Waals surface area contributed by atoms with Crippen molar-refractivity contribution in [2.45, 2.75) is 19.9 Å². The zero-order valence-electron chi connectivity index (χ0n) is 15.2. The van der Waals surface area contributed by atoms with Gasteiger partial charge in [-0.25, -0.2) is 4.79 Å². The second-order valence-electron chi connectivity index (χ2n) is 6.68. The van der Waals surface area contributed by atoms with Crippen LogP contribution in [-0.4, -0.2) is 22.2 Å². The summed E-state index contributed by atoms with van der Waals surface area (Å²) < 4.78 is 6.90. The van der Waals surface area contributed by atoms with Gasteiger partial charge in [0.2, 0.25) is 5.91 Å². The zero-order chi connectivity index (χ0) is 19.7. The number of aromatic nitrogens is 2. The molecule has 2 heterocycles. The second kappa shape index (κ2) is 7.48. The summed E-state index contributed by atoms with van der Waals surface area (Å²) >= 11 is 5.88. The van der Waals surface area contributed by atoms with Crippen LogP contribution in [0.15, 0.2) is 57.9 Å². The van der Waals surface area contributed by atoms with Gasteiger partial charge in [0, 0.05) is 17.0 Å². The van der Waals surface area contributed by atoms with Crippen LogP contribution in [-0.2, 0) is 17.8 Å². The maximum atomic E-state index is 12.4. The number of halogens is 1. The monoisotopic (exact) mass is 395 g/mol. The van der Waals surface area contributed by atoms with E-state index in [2.05, 4.69) is 10.4 Å². The number of aryl methyl sites for hydroxylation is 1. The molecule has 4 rings (SSSR count). The molecular weight excluding hydrogens is 378 g/mol. The highest BCUT2D eigenvalue weighted by Gasteiger charge is 2.15. The van der Waals surface area contributed by atoms with Crippen LogP contribution < -0.4 is 10.9 Å². The molecule has 0 aliphatic rings. The van der Waals surface area contributed by atoms with Crippen LogP contribution in [0, 0.1) is 6.92 Å². The minimum atomic E-state index is -0.458. The van der Waals surface area contributed by atoms with E-state index in [1.807, 2.05) is 43.3 Å². The summed E-state index contributed by atoms with van der Waals surface area (Å²) in [4.78, 5) is 24.6. The molecule has 0 fully saturated rings. The van der Waals surface area contributed by atoms with Crippen LogP contribution in [0.2, 0.25) is 5.02 Å². The zero-order valence-corrected chi connectivity index (χ0v) is 16.0. The van der Waals surface area contributed by atoms with Crippen molar-refractivity contribution < 1.29 is 9.21 Å². The van der Waals surface area contributed by atoms with Crippen molar-refractivity contribution in [1.82, 2.24) is 15.1 Å². The first kappa shape index (κ1) is 18.3. The molecule has 0 aliphatic carbocycles. The molecular formula is C21H18ClN3O3. The first-order valence-corrected chi connectivity index (χ1v) is 9.29. The summed E-state index contributed by atoms with van der Waals surface area (Å²) in [6, 6.07) is 13.1. The minimum absolute atomic E-state index is 0.0244. The van der Waals surface area contributed by atoms with Gasteiger partial charge in [0.25, 0.3) is 0 Å². The smallest absolute Gasteiger partial charge is 0.347 e. The maximum Gasteiger partial charge on any atom is 0.347 e. The van der Waals surface area contributed by atoms with Crippen LogP contribution in [0.25, 0.3) is 21.9 Å². The van der Waals surface area contributed by atoms with Crippen LogP contribution >= 0.6 is 11.6 Å². The van der Waals surface area contributed by atoms with Gasteiger partial charge in [-0.1, -0.05) is 35.4 Å². The Kier molecular flexibility index (Phi) is 4.88. The molecule has 0 aliphatic heterocycles. The SMILES string of the molecule is Cc1ccc2oc(=O)c3cnn(CC(=O)NCCc4ccc(Cl)cc4)c3c2c1. The van der Waals surface area contributed by atoms with Crippen molar-refractivity contribution in [2.75, 3.05) is 6.54 Å². The molecule has 142 valence electrons. The standard InChI is InChI=1S/C21H18ClN3O3/c1-13-2-7-18-16(10-13)20-17(21(27)28-18)11-24-25(20)12-19(26)23-9-8-14-3-5-15(22)6-4-14/h2-7,10-11H,8-9,12H2,1H3,(H,23,26). The molecule has 0 radical (unpaired) electrons. The van der Waals surface area contributed by atoms with E-state index in [-0.39, 0.29) is 12.5 Å². The first-order valence-electron chi connectivity index (χ1n) is 8.91. The lowest BCUT2D eigenvalue weighted by Crippen LogP contribution is -2.29. The number of nitrogens with zero attached hydrogens (tertiary/aromatic N) is 2. The number of rotatable bonds is 5. The van der Waals surface area contributed by atoms with E-state index >= 15 is 0 Å². The van der Waals surface area contributed by atoms with Crippen molar-refractivity contribution >= 4 is 39.4 Å². The Labute approximate surface area is 165 Å². The van der Waals surface area contributed by atoms with E-state index in [9.17, 15) is 9.59 Å². The third kappa shape index (κ3) is 3.64. The number of carbonyl (C=O) groups is 1. The number of hydrogen-bond acceptors (Lipinski definition) is 4. The average molecular weight is 396 g/mol. The fourth-order valence-corrected chi connectivity index (χ4v) is 3.33. The topological polar surface area (TPSA) is 77.1 Å². The molecule has 28 heavy (non-hydrogen) atoms. The van der Waals surface area contributed by atoms with Gasteiger partial charge < -0.3 is 9.73 Å². The summed E-state index contributed by atoms with van der Waals surface area (Å²) in [7, 11) is 0. The van der Waals surface area contributed by atoms with Gasteiger partial charge in [-0.3, -0.25) is 9.48 Å². The maximum absolute atomic E-state index is 12.4. The van der Waals surface area contributed by atoms with E-state index in [0.29, 0.717) is 34.5 Å². The molecule has 0 unspecified atom stereocenters. The number of fused-ring (bicyclic) bond motifs is 3. The normalized spacial score (nSPS) is 11.2. The van der Waals surface area contributed by atoms with Gasteiger partial charge in [-0.05, 0) is 43.2 Å². The van der Waals surface area contributed by atoms with Crippen LogP contribution in [0.4, 0.5) is 0 Å². The summed E-state index contributed by atoms with van der Waals surface area (Å²) in [5.41, 5.74) is 2.76. The molecule has 1 N–H and O–H groups in total. The summed E-state index contributed by atoms with van der Waals surface area (Å²) in [6.07, 6.45) is 2.15. The Bertz CT molecular complexity index is 1230. The fourth-order valence-electron chi connectivity index (χ4n) is 3.20. The van der Waals surface area contributed by atoms with Crippen LogP contribution in [0.1, 0.15) is 11.1 Å². The van der Waals surface area contributed by atoms with Crippen molar-refractivity contribution in [1.29, 1.82) is 0 Å². The quantitative estimate of drug-likeness (QED) is 0.525. The molecule has 0 atom stereocenters. The number of benzene rings is 2. The molecule has 2 aromatic carbocycles. The predicted molar refractivity (Wildman–Crippen MR) is 109 cm³/mol. The molecule has 0 spiro atoms. The lowest BCUT2D eigenvalue weighted by atomic mass is 10.1. The average Bonchev–Trinajstić information content (AvgIpc) is 3.09. The Morgan fingerprint density at radius 2 is 1.96 bits per heavy atom. The van der Waals surface area contributed by atoms with Crippen molar-refractivity contribution in [3.8, 4) is 0 Å². The van der Waals surface area contributed by atoms with Crippen molar-refractivity contribution in [3.63, 3.8) is 0 Å². The summed E-state index contributed by atoms with van der Waals surface area (Å²) in [5, 5.41) is 8.94. The molecule has 0 saturated carbocycles. The van der Waals surface area contributed by atoms with E-state index in [1.165, 1.54) is 6.20 Å². The van der Waals surface area contributed by atoms with Crippen molar-refractivity contribution in [2.24, 2.45) is 0 Å². The van der Waals surface area contributed by atoms with E-state index in [0.717, 1.165) is 16.5 Å². The lowest BCUT2D eigenvalue weighted by Gasteiger charge is -2.08. The molecule has 2 aromatic heterocycles. The van der Waals surface area contributed by atoms with Crippen LogP contribution in [0.3, 0.4) is 0 Å².